The largest absolute Gasteiger partial charge is 0.292 e. The normalized spacial score (nSPS) is 25.4. The Morgan fingerprint density at radius 1 is 1.15 bits per heavy atom. The Balaban J connectivity index is 2.05. The first-order valence-corrected chi connectivity index (χ1v) is 7.71. The molecule has 1 fully saturated rings. The highest BCUT2D eigenvalue weighted by molar-refractivity contribution is 7.89. The lowest BCUT2D eigenvalue weighted by Gasteiger charge is -2.22. The van der Waals surface area contributed by atoms with Crippen molar-refractivity contribution in [2.24, 2.45) is 5.92 Å². The molecule has 0 radical (unpaired) electrons. The molecule has 6 heteroatoms. The van der Waals surface area contributed by atoms with E-state index in [1.807, 2.05) is 6.92 Å². The number of carbonyl (C=O) groups excluding carboxylic acids is 2. The highest BCUT2D eigenvalue weighted by Crippen LogP contribution is 2.36. The van der Waals surface area contributed by atoms with Gasteiger partial charge >= 0.3 is 0 Å². The Labute approximate surface area is 116 Å². The van der Waals surface area contributed by atoms with Crippen molar-refractivity contribution in [1.82, 2.24) is 4.31 Å². The Hall–Kier alpha value is -1.95. The van der Waals surface area contributed by atoms with Crippen molar-refractivity contribution < 1.29 is 18.0 Å². The fraction of sp³-hybridized carbons (Fsp3) is 0.286. The Morgan fingerprint density at radius 2 is 1.80 bits per heavy atom. The first-order valence-electron chi connectivity index (χ1n) is 6.27. The zero-order chi connectivity index (χ0) is 14.5. The van der Waals surface area contributed by atoms with E-state index in [2.05, 4.69) is 0 Å². The summed E-state index contributed by atoms with van der Waals surface area (Å²) in [6.45, 7) is 1.85. The molecule has 1 aromatic carbocycles. The second kappa shape index (κ2) is 4.28. The molecule has 1 saturated heterocycles. The van der Waals surface area contributed by atoms with E-state index in [0.29, 0.717) is 0 Å². The molecule has 1 aliphatic carbocycles. The van der Waals surface area contributed by atoms with Crippen LogP contribution in [0.1, 0.15) is 12.0 Å². The van der Waals surface area contributed by atoms with Gasteiger partial charge in [0.05, 0.1) is 4.90 Å². The summed E-state index contributed by atoms with van der Waals surface area (Å²) in [4.78, 5) is 23.8. The predicted octanol–water partition coefficient (Wildman–Crippen LogP) is 1.04. The van der Waals surface area contributed by atoms with Gasteiger partial charge in [-0.3, -0.25) is 9.59 Å². The number of amides is 1. The van der Waals surface area contributed by atoms with Gasteiger partial charge in [-0.15, -0.1) is 0 Å². The first-order chi connectivity index (χ1) is 9.41. The SMILES string of the molecule is Cc1ccc(S(=O)(=O)N2C(=O)C[C@@H]3C=CC(=O)[C@@H]32)cc1. The van der Waals surface area contributed by atoms with E-state index in [1.165, 1.54) is 18.2 Å². The molecular weight excluding hydrogens is 278 g/mol. The maximum absolute atomic E-state index is 12.6. The number of fused-ring (bicyclic) bond motifs is 1. The van der Waals surface area contributed by atoms with Crippen LogP contribution in [0.3, 0.4) is 0 Å². The molecular formula is C14H13NO4S. The predicted molar refractivity (Wildman–Crippen MR) is 71.3 cm³/mol. The third-order valence-electron chi connectivity index (χ3n) is 3.69. The second-order valence-corrected chi connectivity index (χ2v) is 6.90. The molecule has 1 aromatic rings. The quantitative estimate of drug-likeness (QED) is 0.816. The van der Waals surface area contributed by atoms with E-state index in [0.717, 1.165) is 9.87 Å². The highest BCUT2D eigenvalue weighted by Gasteiger charge is 2.50. The molecule has 1 heterocycles. The summed E-state index contributed by atoms with van der Waals surface area (Å²) in [6, 6.07) is 5.35. The van der Waals surface area contributed by atoms with Gasteiger partial charge in [-0.25, -0.2) is 12.7 Å². The molecule has 1 amide bonds. The lowest BCUT2D eigenvalue weighted by molar-refractivity contribution is -0.127. The molecule has 0 N–H and O–H groups in total. The molecule has 0 unspecified atom stereocenters. The number of hydrogen-bond donors (Lipinski definition) is 0. The van der Waals surface area contributed by atoms with Crippen LogP contribution in [0.2, 0.25) is 0 Å². The fourth-order valence-electron chi connectivity index (χ4n) is 2.66. The van der Waals surface area contributed by atoms with Gasteiger partial charge in [0.1, 0.15) is 6.04 Å². The van der Waals surface area contributed by atoms with E-state index in [9.17, 15) is 18.0 Å². The summed E-state index contributed by atoms with van der Waals surface area (Å²) >= 11 is 0. The zero-order valence-corrected chi connectivity index (χ0v) is 11.6. The van der Waals surface area contributed by atoms with Gasteiger partial charge < -0.3 is 0 Å². The molecule has 0 aromatic heterocycles. The van der Waals surface area contributed by atoms with E-state index < -0.39 is 22.0 Å². The molecule has 2 aliphatic rings. The number of carbonyl (C=O) groups is 2. The molecule has 20 heavy (non-hydrogen) atoms. The molecule has 0 spiro atoms. The third-order valence-corrected chi connectivity index (χ3v) is 5.51. The maximum Gasteiger partial charge on any atom is 0.267 e. The van der Waals surface area contributed by atoms with Crippen LogP contribution in [0.15, 0.2) is 41.3 Å². The van der Waals surface area contributed by atoms with Crippen molar-refractivity contribution in [2.75, 3.05) is 0 Å². The van der Waals surface area contributed by atoms with E-state index in [1.54, 1.807) is 18.2 Å². The molecule has 104 valence electrons. The first kappa shape index (κ1) is 13.1. The molecule has 3 rings (SSSR count). The Morgan fingerprint density at radius 3 is 2.45 bits per heavy atom. The summed E-state index contributed by atoms with van der Waals surface area (Å²) in [7, 11) is -3.97. The van der Waals surface area contributed by atoms with Crippen LogP contribution >= 0.6 is 0 Å². The van der Waals surface area contributed by atoms with Gasteiger partial charge in [0.15, 0.2) is 5.78 Å². The fourth-order valence-corrected chi connectivity index (χ4v) is 4.27. The van der Waals surface area contributed by atoms with Gasteiger partial charge in [-0.1, -0.05) is 23.8 Å². The number of benzene rings is 1. The lowest BCUT2D eigenvalue weighted by Crippen LogP contribution is -2.42. The average molecular weight is 291 g/mol. The average Bonchev–Trinajstić information content (AvgIpc) is 2.89. The van der Waals surface area contributed by atoms with Crippen molar-refractivity contribution in [3.63, 3.8) is 0 Å². The van der Waals surface area contributed by atoms with Crippen molar-refractivity contribution in [1.29, 1.82) is 0 Å². The third kappa shape index (κ3) is 1.79. The van der Waals surface area contributed by atoms with Gasteiger partial charge in [0.2, 0.25) is 5.91 Å². The van der Waals surface area contributed by atoms with Crippen LogP contribution in [-0.4, -0.2) is 30.5 Å². The summed E-state index contributed by atoms with van der Waals surface area (Å²) in [6.07, 6.45) is 3.05. The van der Waals surface area contributed by atoms with Gasteiger partial charge in [-0.05, 0) is 25.1 Å². The summed E-state index contributed by atoms with van der Waals surface area (Å²) < 4.78 is 25.9. The van der Waals surface area contributed by atoms with Crippen LogP contribution in [0.4, 0.5) is 0 Å². The molecule has 2 atom stereocenters. The highest BCUT2D eigenvalue weighted by atomic mass is 32.2. The minimum absolute atomic E-state index is 0.0387. The standard InChI is InChI=1S/C14H13NO4S/c1-9-2-5-11(6-3-9)20(18,19)15-13(17)8-10-4-7-12(16)14(10)15/h2-7,10,14H,8H2,1H3/t10-,14+/m0/s1. The van der Waals surface area contributed by atoms with Crippen LogP contribution < -0.4 is 0 Å². The molecule has 1 aliphatic heterocycles. The lowest BCUT2D eigenvalue weighted by atomic mass is 10.1. The van der Waals surface area contributed by atoms with E-state index in [4.69, 9.17) is 0 Å². The Kier molecular flexibility index (Phi) is 2.79. The number of ketones is 1. The van der Waals surface area contributed by atoms with Gasteiger partial charge in [-0.2, -0.15) is 0 Å². The monoisotopic (exact) mass is 291 g/mol. The minimum atomic E-state index is -3.97. The van der Waals surface area contributed by atoms with Gasteiger partial charge in [0, 0.05) is 12.3 Å². The van der Waals surface area contributed by atoms with Crippen molar-refractivity contribution >= 4 is 21.7 Å². The van der Waals surface area contributed by atoms with Crippen molar-refractivity contribution in [3.8, 4) is 0 Å². The maximum atomic E-state index is 12.6. The number of nitrogens with zero attached hydrogens (tertiary/aromatic N) is 1. The van der Waals surface area contributed by atoms with E-state index >= 15 is 0 Å². The topological polar surface area (TPSA) is 71.5 Å². The number of aryl methyl sites for hydroxylation is 1. The summed E-state index contributed by atoms with van der Waals surface area (Å²) in [5.74, 6) is -1.16. The molecule has 0 bridgehead atoms. The van der Waals surface area contributed by atoms with Crippen molar-refractivity contribution in [3.05, 3.63) is 42.0 Å². The molecule has 5 nitrogen and oxygen atoms in total. The van der Waals surface area contributed by atoms with Crippen LogP contribution in [0.25, 0.3) is 0 Å². The molecule has 0 saturated carbocycles. The zero-order valence-electron chi connectivity index (χ0n) is 10.8. The minimum Gasteiger partial charge on any atom is -0.292 e. The number of rotatable bonds is 2. The summed E-state index contributed by atoms with van der Waals surface area (Å²) in [5.41, 5.74) is 0.924. The number of sulfonamides is 1. The van der Waals surface area contributed by atoms with Crippen LogP contribution in [-0.2, 0) is 19.6 Å². The number of hydrogen-bond acceptors (Lipinski definition) is 4. The Bertz CT molecular complexity index is 718. The summed E-state index contributed by atoms with van der Waals surface area (Å²) in [5, 5.41) is 0. The van der Waals surface area contributed by atoms with Crippen LogP contribution in [0.5, 0.6) is 0 Å². The second-order valence-electron chi connectivity index (χ2n) is 5.08. The van der Waals surface area contributed by atoms with Gasteiger partial charge in [0.25, 0.3) is 10.0 Å². The van der Waals surface area contributed by atoms with E-state index in [-0.39, 0.29) is 23.0 Å². The smallest absolute Gasteiger partial charge is 0.267 e. The van der Waals surface area contributed by atoms with Crippen molar-refractivity contribution in [2.45, 2.75) is 24.3 Å². The van der Waals surface area contributed by atoms with Crippen LogP contribution in [0, 0.1) is 12.8 Å².